The second-order valence-electron chi connectivity index (χ2n) is 8.40. The van der Waals surface area contributed by atoms with Crippen LogP contribution in [-0.2, 0) is 19.1 Å². The van der Waals surface area contributed by atoms with Gasteiger partial charge in [-0.05, 0) is 26.2 Å². The lowest BCUT2D eigenvalue weighted by Crippen LogP contribution is -2.40. The van der Waals surface area contributed by atoms with Crippen LogP contribution in [0.2, 0.25) is 0 Å². The zero-order valence-electron chi connectivity index (χ0n) is 18.6. The fourth-order valence-electron chi connectivity index (χ4n) is 4.02. The molecular formula is C23H40O6. The molecule has 0 radical (unpaired) electrons. The average Bonchev–Trinajstić information content (AvgIpc) is 2.98. The van der Waals surface area contributed by atoms with Crippen LogP contribution >= 0.6 is 0 Å². The first-order valence-electron chi connectivity index (χ1n) is 11.0. The van der Waals surface area contributed by atoms with Crippen molar-refractivity contribution in [2.75, 3.05) is 14.2 Å². The zero-order chi connectivity index (χ0) is 21.9. The molecule has 1 aliphatic rings. The van der Waals surface area contributed by atoms with E-state index in [0.717, 1.165) is 51.4 Å². The second-order valence-corrected chi connectivity index (χ2v) is 8.40. The number of carbonyl (C=O) groups excluding carboxylic acids is 2. The van der Waals surface area contributed by atoms with Gasteiger partial charge in [0, 0.05) is 31.8 Å². The molecule has 6 nitrogen and oxygen atoms in total. The molecule has 0 aromatic heterocycles. The van der Waals surface area contributed by atoms with Crippen LogP contribution < -0.4 is 0 Å². The predicted octanol–water partition coefficient (Wildman–Crippen LogP) is 3.58. The summed E-state index contributed by atoms with van der Waals surface area (Å²) in [5.74, 6) is -0.570. The fraction of sp³-hybridized carbons (Fsp3) is 0.826. The molecule has 0 bridgehead atoms. The molecule has 0 unspecified atom stereocenters. The lowest BCUT2D eigenvalue weighted by Gasteiger charge is -2.32. The van der Waals surface area contributed by atoms with E-state index in [0.29, 0.717) is 6.42 Å². The molecule has 0 spiro atoms. The lowest BCUT2D eigenvalue weighted by molar-refractivity contribution is -0.140. The molecule has 0 aromatic rings. The van der Waals surface area contributed by atoms with Crippen molar-refractivity contribution >= 4 is 11.8 Å². The van der Waals surface area contributed by atoms with Crippen LogP contribution in [0.3, 0.4) is 0 Å². The fourth-order valence-corrected chi connectivity index (χ4v) is 4.02. The first-order valence-corrected chi connectivity index (χ1v) is 11.0. The van der Waals surface area contributed by atoms with E-state index in [1.807, 2.05) is 13.0 Å². The molecule has 5 atom stereocenters. The van der Waals surface area contributed by atoms with Gasteiger partial charge in [0.2, 0.25) is 0 Å². The average molecular weight is 413 g/mol. The van der Waals surface area contributed by atoms with Crippen LogP contribution in [0, 0.1) is 11.8 Å². The highest BCUT2D eigenvalue weighted by molar-refractivity contribution is 5.84. The molecule has 1 saturated carbocycles. The number of ketones is 1. The summed E-state index contributed by atoms with van der Waals surface area (Å²) >= 11 is 0. The summed E-state index contributed by atoms with van der Waals surface area (Å²) in [6.45, 7) is 3.98. The van der Waals surface area contributed by atoms with Crippen LogP contribution in [0.5, 0.6) is 0 Å². The summed E-state index contributed by atoms with van der Waals surface area (Å²) in [7, 11) is 2.99. The number of carbonyl (C=O) groups is 2. The van der Waals surface area contributed by atoms with E-state index >= 15 is 0 Å². The van der Waals surface area contributed by atoms with Gasteiger partial charge in [-0.2, -0.15) is 0 Å². The quantitative estimate of drug-likeness (QED) is 0.257. The summed E-state index contributed by atoms with van der Waals surface area (Å²) in [6.07, 6.45) is 9.58. The van der Waals surface area contributed by atoms with Gasteiger partial charge >= 0.3 is 5.97 Å². The molecule has 2 N–H and O–H groups in total. The van der Waals surface area contributed by atoms with Crippen molar-refractivity contribution in [2.45, 2.75) is 95.9 Å². The summed E-state index contributed by atoms with van der Waals surface area (Å²) in [6, 6.07) is 0. The summed E-state index contributed by atoms with van der Waals surface area (Å²) in [4.78, 5) is 23.5. The molecule has 0 aliphatic heterocycles. The Bertz CT molecular complexity index is 531. The van der Waals surface area contributed by atoms with Crippen molar-refractivity contribution in [1.82, 2.24) is 0 Å². The number of hydrogen-bond acceptors (Lipinski definition) is 6. The monoisotopic (exact) mass is 412 g/mol. The Balaban J connectivity index is 2.57. The normalized spacial score (nSPS) is 25.3. The first-order chi connectivity index (χ1) is 13.8. The van der Waals surface area contributed by atoms with Gasteiger partial charge in [0.05, 0.1) is 18.8 Å². The number of aliphatic hydroxyl groups is 2. The third-order valence-corrected chi connectivity index (χ3v) is 6.24. The van der Waals surface area contributed by atoms with Crippen molar-refractivity contribution in [3.8, 4) is 0 Å². The van der Waals surface area contributed by atoms with Gasteiger partial charge in [-0.1, -0.05) is 51.2 Å². The van der Waals surface area contributed by atoms with Gasteiger partial charge in [0.1, 0.15) is 11.9 Å². The van der Waals surface area contributed by atoms with E-state index in [2.05, 4.69) is 11.7 Å². The van der Waals surface area contributed by atoms with Crippen molar-refractivity contribution in [1.29, 1.82) is 0 Å². The van der Waals surface area contributed by atoms with Crippen molar-refractivity contribution < 1.29 is 29.3 Å². The molecule has 168 valence electrons. The Hall–Kier alpha value is -1.24. The number of hydrogen-bond donors (Lipinski definition) is 2. The van der Waals surface area contributed by atoms with E-state index < -0.39 is 17.8 Å². The van der Waals surface area contributed by atoms with Crippen molar-refractivity contribution in [3.63, 3.8) is 0 Å². The maximum atomic E-state index is 12.3. The third-order valence-electron chi connectivity index (χ3n) is 6.24. The second kappa shape index (κ2) is 13.1. The highest BCUT2D eigenvalue weighted by Crippen LogP contribution is 2.35. The van der Waals surface area contributed by atoms with Crippen LogP contribution in [0.1, 0.15) is 78.1 Å². The summed E-state index contributed by atoms with van der Waals surface area (Å²) in [5.41, 5.74) is -0.671. The summed E-state index contributed by atoms with van der Waals surface area (Å²) in [5, 5.41) is 21.0. The minimum atomic E-state index is -0.791. The van der Waals surface area contributed by atoms with E-state index in [1.165, 1.54) is 7.11 Å². The SMILES string of the molecule is CCCC[C@@](C)(OC)[C@H](O)/C=C/[C@H]1[C@H](O)CC(=O)[C@@H]1CCCCCCC(=O)OC. The molecule has 1 aliphatic carbocycles. The standard InChI is InChI=1S/C23H40O6/c1-5-6-15-23(2,29-4)21(26)14-13-18-17(19(24)16-20(18)25)11-9-7-8-10-12-22(27)28-3/h13-14,17-18,20-21,25-26H,5-12,15-16H2,1-4H3/b14-13+/t17-,18-,20-,21-,23-/m1/s1. The number of aliphatic hydroxyl groups excluding tert-OH is 2. The Morgan fingerprint density at radius 3 is 2.55 bits per heavy atom. The Morgan fingerprint density at radius 1 is 1.24 bits per heavy atom. The van der Waals surface area contributed by atoms with Gasteiger partial charge in [0.25, 0.3) is 0 Å². The molecular weight excluding hydrogens is 372 g/mol. The topological polar surface area (TPSA) is 93.1 Å². The number of esters is 1. The van der Waals surface area contributed by atoms with Crippen LogP contribution in [0.4, 0.5) is 0 Å². The highest BCUT2D eigenvalue weighted by Gasteiger charge is 2.40. The Labute approximate surface area is 175 Å². The molecule has 0 aromatic carbocycles. The molecule has 0 heterocycles. The first kappa shape index (κ1) is 25.8. The van der Waals surface area contributed by atoms with Gasteiger partial charge in [-0.25, -0.2) is 0 Å². The van der Waals surface area contributed by atoms with E-state index in [9.17, 15) is 19.8 Å². The molecule has 1 fully saturated rings. The predicted molar refractivity (Wildman–Crippen MR) is 112 cm³/mol. The van der Waals surface area contributed by atoms with E-state index in [1.54, 1.807) is 13.2 Å². The van der Waals surface area contributed by atoms with E-state index in [4.69, 9.17) is 4.74 Å². The third kappa shape index (κ3) is 8.19. The minimum absolute atomic E-state index is 0.0942. The minimum Gasteiger partial charge on any atom is -0.469 e. The van der Waals surface area contributed by atoms with Crippen molar-refractivity contribution in [3.05, 3.63) is 12.2 Å². The van der Waals surface area contributed by atoms with Crippen LogP contribution in [0.15, 0.2) is 12.2 Å². The smallest absolute Gasteiger partial charge is 0.305 e. The number of rotatable bonds is 14. The molecule has 0 amide bonds. The van der Waals surface area contributed by atoms with Crippen LogP contribution in [0.25, 0.3) is 0 Å². The van der Waals surface area contributed by atoms with Gasteiger partial charge in [0.15, 0.2) is 0 Å². The molecule has 6 heteroatoms. The number of ether oxygens (including phenoxy) is 2. The lowest BCUT2D eigenvalue weighted by atomic mass is 9.86. The Morgan fingerprint density at radius 2 is 1.93 bits per heavy atom. The molecule has 0 saturated heterocycles. The number of methoxy groups -OCH3 is 2. The molecule has 1 rings (SSSR count). The van der Waals surface area contributed by atoms with Crippen LogP contribution in [-0.4, -0.2) is 54.0 Å². The highest BCUT2D eigenvalue weighted by atomic mass is 16.5. The largest absolute Gasteiger partial charge is 0.469 e. The van der Waals surface area contributed by atoms with Gasteiger partial charge in [-0.15, -0.1) is 0 Å². The maximum absolute atomic E-state index is 12.3. The van der Waals surface area contributed by atoms with E-state index in [-0.39, 0.29) is 30.0 Å². The van der Waals surface area contributed by atoms with Gasteiger partial charge < -0.3 is 19.7 Å². The van der Waals surface area contributed by atoms with Gasteiger partial charge in [-0.3, -0.25) is 9.59 Å². The number of Topliss-reactive ketones (excluding diaryl/α,β-unsaturated/α-hetero) is 1. The Kier molecular flexibility index (Phi) is 11.7. The maximum Gasteiger partial charge on any atom is 0.305 e. The summed E-state index contributed by atoms with van der Waals surface area (Å²) < 4.78 is 10.2. The van der Waals surface area contributed by atoms with Crippen molar-refractivity contribution in [2.24, 2.45) is 11.8 Å². The number of unbranched alkanes of at least 4 members (excludes halogenated alkanes) is 4. The zero-order valence-corrected chi connectivity index (χ0v) is 18.6. The molecule has 29 heavy (non-hydrogen) atoms.